The third-order valence-electron chi connectivity index (χ3n) is 4.24. The molecule has 21 heavy (non-hydrogen) atoms. The Labute approximate surface area is 127 Å². The van der Waals surface area contributed by atoms with E-state index in [9.17, 15) is 4.79 Å². The smallest absolute Gasteiger partial charge is 0.265 e. The number of ether oxygens (including phenoxy) is 1. The second kappa shape index (κ2) is 7.46. The number of rotatable bonds is 7. The Morgan fingerprint density at radius 1 is 1.33 bits per heavy atom. The highest BCUT2D eigenvalue weighted by Crippen LogP contribution is 2.33. The average Bonchev–Trinajstić information content (AvgIpc) is 2.52. The Hall–Kier alpha value is -1.55. The van der Waals surface area contributed by atoms with Crippen molar-refractivity contribution in [1.82, 2.24) is 0 Å². The van der Waals surface area contributed by atoms with Crippen molar-refractivity contribution in [2.75, 3.05) is 18.1 Å². The van der Waals surface area contributed by atoms with Crippen LogP contribution >= 0.6 is 0 Å². The fourth-order valence-corrected chi connectivity index (χ4v) is 2.89. The van der Waals surface area contributed by atoms with Crippen molar-refractivity contribution in [2.45, 2.75) is 46.1 Å². The molecule has 1 aliphatic rings. The topological polar surface area (TPSA) is 55.6 Å². The third-order valence-corrected chi connectivity index (χ3v) is 4.24. The van der Waals surface area contributed by atoms with E-state index in [1.807, 2.05) is 23.1 Å². The summed E-state index contributed by atoms with van der Waals surface area (Å²) < 4.78 is 5.51. The van der Waals surface area contributed by atoms with Gasteiger partial charge in [0.1, 0.15) is 5.75 Å². The minimum absolute atomic E-state index is 0.0445. The number of carbonyl (C=O) groups excluding carboxylic acids is 1. The van der Waals surface area contributed by atoms with E-state index in [1.54, 1.807) is 0 Å². The van der Waals surface area contributed by atoms with Crippen molar-refractivity contribution in [3.63, 3.8) is 0 Å². The van der Waals surface area contributed by atoms with E-state index in [-0.39, 0.29) is 12.5 Å². The molecule has 0 radical (unpaired) electrons. The van der Waals surface area contributed by atoms with Crippen molar-refractivity contribution < 1.29 is 9.53 Å². The highest BCUT2D eigenvalue weighted by atomic mass is 16.5. The second-order valence-corrected chi connectivity index (χ2v) is 5.69. The van der Waals surface area contributed by atoms with E-state index >= 15 is 0 Å². The maximum atomic E-state index is 12.2. The molecule has 1 amide bonds. The Morgan fingerprint density at radius 3 is 2.81 bits per heavy atom. The maximum absolute atomic E-state index is 12.2. The fourth-order valence-electron chi connectivity index (χ4n) is 2.89. The lowest BCUT2D eigenvalue weighted by molar-refractivity contribution is -0.121. The van der Waals surface area contributed by atoms with Crippen LogP contribution in [0.2, 0.25) is 0 Å². The van der Waals surface area contributed by atoms with Gasteiger partial charge < -0.3 is 15.4 Å². The third kappa shape index (κ3) is 3.76. The Kier molecular flexibility index (Phi) is 5.62. The molecule has 0 fully saturated rings. The van der Waals surface area contributed by atoms with Crippen molar-refractivity contribution in [1.29, 1.82) is 0 Å². The van der Waals surface area contributed by atoms with Gasteiger partial charge in [0.05, 0.1) is 5.69 Å². The van der Waals surface area contributed by atoms with Crippen LogP contribution < -0.4 is 15.4 Å². The number of fused-ring (bicyclic) bond motifs is 1. The summed E-state index contributed by atoms with van der Waals surface area (Å²) in [6, 6.07) is 5.85. The van der Waals surface area contributed by atoms with Gasteiger partial charge in [-0.3, -0.25) is 4.79 Å². The van der Waals surface area contributed by atoms with Crippen LogP contribution in [0, 0.1) is 5.92 Å². The van der Waals surface area contributed by atoms with E-state index in [1.165, 1.54) is 19.3 Å². The summed E-state index contributed by atoms with van der Waals surface area (Å²) in [4.78, 5) is 14.1. The summed E-state index contributed by atoms with van der Waals surface area (Å²) in [7, 11) is 0. The average molecular weight is 290 g/mol. The van der Waals surface area contributed by atoms with Gasteiger partial charge in [-0.2, -0.15) is 0 Å². The van der Waals surface area contributed by atoms with Crippen molar-refractivity contribution in [2.24, 2.45) is 11.7 Å². The molecule has 1 heterocycles. The summed E-state index contributed by atoms with van der Waals surface area (Å²) in [5.74, 6) is 1.52. The van der Waals surface area contributed by atoms with Gasteiger partial charge in [0.15, 0.2) is 6.61 Å². The zero-order chi connectivity index (χ0) is 15.2. The molecule has 4 heteroatoms. The molecule has 1 aromatic carbocycles. The molecule has 2 rings (SSSR count). The van der Waals surface area contributed by atoms with Crippen molar-refractivity contribution >= 4 is 11.6 Å². The van der Waals surface area contributed by atoms with Crippen molar-refractivity contribution in [3.05, 3.63) is 23.8 Å². The lowest BCUT2D eigenvalue weighted by Crippen LogP contribution is -2.40. The van der Waals surface area contributed by atoms with Crippen LogP contribution in [0.25, 0.3) is 0 Å². The van der Waals surface area contributed by atoms with Gasteiger partial charge in [-0.05, 0) is 30.0 Å². The van der Waals surface area contributed by atoms with E-state index in [4.69, 9.17) is 10.5 Å². The Bertz CT molecular complexity index is 488. The van der Waals surface area contributed by atoms with E-state index in [0.717, 1.165) is 30.0 Å². The molecule has 2 N–H and O–H groups in total. The molecule has 0 aliphatic carbocycles. The highest BCUT2D eigenvalue weighted by Gasteiger charge is 2.26. The van der Waals surface area contributed by atoms with Crippen LogP contribution in [-0.4, -0.2) is 19.1 Å². The van der Waals surface area contributed by atoms with Gasteiger partial charge in [-0.25, -0.2) is 0 Å². The van der Waals surface area contributed by atoms with Gasteiger partial charge in [0, 0.05) is 13.1 Å². The zero-order valence-electron chi connectivity index (χ0n) is 13.1. The molecular weight excluding hydrogens is 264 g/mol. The predicted octanol–water partition coefficient (Wildman–Crippen LogP) is 3.09. The van der Waals surface area contributed by atoms with Crippen LogP contribution in [0.4, 0.5) is 5.69 Å². The summed E-state index contributed by atoms with van der Waals surface area (Å²) in [5.41, 5.74) is 7.60. The number of nitrogens with two attached hydrogens (primary N) is 1. The van der Waals surface area contributed by atoms with Crippen LogP contribution in [0.5, 0.6) is 5.75 Å². The highest BCUT2D eigenvalue weighted by molar-refractivity contribution is 5.97. The molecule has 0 bridgehead atoms. The summed E-state index contributed by atoms with van der Waals surface area (Å²) in [6.07, 6.45) is 4.64. The lowest BCUT2D eigenvalue weighted by Gasteiger charge is -2.31. The number of hydrogen-bond acceptors (Lipinski definition) is 3. The molecule has 1 aliphatic heterocycles. The number of benzene rings is 1. The van der Waals surface area contributed by atoms with E-state index in [0.29, 0.717) is 12.5 Å². The van der Waals surface area contributed by atoms with Gasteiger partial charge >= 0.3 is 0 Å². The predicted molar refractivity (Wildman–Crippen MR) is 85.5 cm³/mol. The van der Waals surface area contributed by atoms with Crippen LogP contribution in [0.15, 0.2) is 18.2 Å². The zero-order valence-corrected chi connectivity index (χ0v) is 13.1. The molecule has 4 nitrogen and oxygen atoms in total. The number of anilines is 1. The largest absolute Gasteiger partial charge is 0.482 e. The molecule has 1 unspecified atom stereocenters. The van der Waals surface area contributed by atoms with Crippen LogP contribution in [-0.2, 0) is 11.3 Å². The van der Waals surface area contributed by atoms with Gasteiger partial charge in [0.2, 0.25) is 0 Å². The molecule has 116 valence electrons. The summed E-state index contributed by atoms with van der Waals surface area (Å²) in [6.45, 7) is 5.82. The maximum Gasteiger partial charge on any atom is 0.265 e. The van der Waals surface area contributed by atoms with Gasteiger partial charge in [-0.15, -0.1) is 0 Å². The first kappa shape index (κ1) is 15.8. The Morgan fingerprint density at radius 2 is 2.14 bits per heavy atom. The second-order valence-electron chi connectivity index (χ2n) is 5.69. The standard InChI is InChI=1S/C17H26N2O2/c1-3-5-13(4-2)8-9-19-15-10-14(11-18)6-7-16(15)21-12-17(19)20/h6-7,10,13H,3-5,8-9,11-12,18H2,1-2H3. The monoisotopic (exact) mass is 290 g/mol. The van der Waals surface area contributed by atoms with E-state index < -0.39 is 0 Å². The number of nitrogens with zero attached hydrogens (tertiary/aromatic N) is 1. The number of carbonyl (C=O) groups is 1. The minimum atomic E-state index is 0.0445. The molecular formula is C17H26N2O2. The molecule has 1 aromatic rings. The number of hydrogen-bond donors (Lipinski definition) is 1. The molecule has 0 aromatic heterocycles. The SMILES string of the molecule is CCCC(CC)CCN1C(=O)COc2ccc(CN)cc21. The van der Waals surface area contributed by atoms with Gasteiger partial charge in [-0.1, -0.05) is 39.2 Å². The van der Waals surface area contributed by atoms with Gasteiger partial charge in [0.25, 0.3) is 5.91 Å². The minimum Gasteiger partial charge on any atom is -0.482 e. The lowest BCUT2D eigenvalue weighted by atomic mass is 9.96. The normalized spacial score (nSPS) is 15.6. The first-order valence-electron chi connectivity index (χ1n) is 7.95. The number of amides is 1. The fraction of sp³-hybridized carbons (Fsp3) is 0.588. The summed E-state index contributed by atoms with van der Waals surface area (Å²) in [5, 5.41) is 0. The molecule has 0 saturated heterocycles. The van der Waals surface area contributed by atoms with Crippen molar-refractivity contribution in [3.8, 4) is 5.75 Å². The molecule has 0 saturated carbocycles. The molecule has 1 atom stereocenters. The summed E-state index contributed by atoms with van der Waals surface area (Å²) >= 11 is 0. The van der Waals surface area contributed by atoms with Crippen LogP contribution in [0.1, 0.15) is 45.1 Å². The van der Waals surface area contributed by atoms with Crippen LogP contribution in [0.3, 0.4) is 0 Å². The first-order valence-corrected chi connectivity index (χ1v) is 7.95. The van der Waals surface area contributed by atoms with E-state index in [2.05, 4.69) is 13.8 Å². The molecule has 0 spiro atoms. The Balaban J connectivity index is 2.13. The quantitative estimate of drug-likeness (QED) is 0.839. The first-order chi connectivity index (χ1) is 10.2.